The third kappa shape index (κ3) is 3.59. The van der Waals surface area contributed by atoms with E-state index < -0.39 is 0 Å². The lowest BCUT2D eigenvalue weighted by atomic mass is 10.0. The number of aryl methyl sites for hydroxylation is 2. The average Bonchev–Trinajstić information content (AvgIpc) is 2.58. The van der Waals surface area contributed by atoms with Crippen LogP contribution in [0.25, 0.3) is 0 Å². The number of phenols is 2. The zero-order valence-electron chi connectivity index (χ0n) is 14.3. The fourth-order valence-corrected chi connectivity index (χ4v) is 2.58. The molecule has 0 aliphatic carbocycles. The van der Waals surface area contributed by atoms with E-state index in [1.165, 1.54) is 28.4 Å². The summed E-state index contributed by atoms with van der Waals surface area (Å²) in [5, 5.41) is 20.0. The van der Waals surface area contributed by atoms with Crippen molar-refractivity contribution in [2.45, 2.75) is 12.8 Å². The van der Waals surface area contributed by atoms with Gasteiger partial charge in [-0.1, -0.05) is 0 Å². The van der Waals surface area contributed by atoms with Gasteiger partial charge in [0.1, 0.15) is 0 Å². The maximum Gasteiger partial charge on any atom is 0.203 e. The summed E-state index contributed by atoms with van der Waals surface area (Å²) in [5.41, 5.74) is 1.78. The number of phenolic OH excluding ortho intramolecular Hbond substituents is 2. The molecular weight excluding hydrogens is 312 g/mol. The van der Waals surface area contributed by atoms with Crippen LogP contribution < -0.4 is 18.9 Å². The minimum atomic E-state index is 0.0296. The molecule has 0 aromatic heterocycles. The maximum absolute atomic E-state index is 10.0. The SMILES string of the molecule is COc1cc(CCc2cc(O)c(OC)c(OC)c2)cc(O)c1OC. The van der Waals surface area contributed by atoms with Gasteiger partial charge < -0.3 is 29.2 Å². The first-order valence-corrected chi connectivity index (χ1v) is 7.41. The van der Waals surface area contributed by atoms with E-state index in [0.29, 0.717) is 35.8 Å². The van der Waals surface area contributed by atoms with Crippen molar-refractivity contribution in [1.82, 2.24) is 0 Å². The predicted octanol–water partition coefficient (Wildman–Crippen LogP) is 2.92. The molecule has 6 nitrogen and oxygen atoms in total. The number of methoxy groups -OCH3 is 4. The van der Waals surface area contributed by atoms with Crippen LogP contribution in [0.3, 0.4) is 0 Å². The van der Waals surface area contributed by atoms with Crippen LogP contribution in [0.1, 0.15) is 11.1 Å². The van der Waals surface area contributed by atoms with Crippen LogP contribution in [0.4, 0.5) is 0 Å². The number of hydrogen-bond donors (Lipinski definition) is 2. The van der Waals surface area contributed by atoms with Crippen molar-refractivity contribution in [3.05, 3.63) is 35.4 Å². The Labute approximate surface area is 141 Å². The number of benzene rings is 2. The van der Waals surface area contributed by atoms with Crippen LogP contribution in [0.15, 0.2) is 24.3 Å². The van der Waals surface area contributed by atoms with Gasteiger partial charge >= 0.3 is 0 Å². The Morgan fingerprint density at radius 1 is 0.625 bits per heavy atom. The molecule has 0 saturated carbocycles. The van der Waals surface area contributed by atoms with Gasteiger partial charge in [0, 0.05) is 0 Å². The first-order chi connectivity index (χ1) is 11.5. The molecular formula is C18H22O6. The van der Waals surface area contributed by atoms with Gasteiger partial charge in [0.15, 0.2) is 23.0 Å². The fourth-order valence-electron chi connectivity index (χ4n) is 2.58. The molecule has 2 aromatic rings. The van der Waals surface area contributed by atoms with E-state index >= 15 is 0 Å². The first-order valence-electron chi connectivity index (χ1n) is 7.41. The molecule has 0 saturated heterocycles. The summed E-state index contributed by atoms with van der Waals surface area (Å²) < 4.78 is 20.7. The molecule has 24 heavy (non-hydrogen) atoms. The summed E-state index contributed by atoms with van der Waals surface area (Å²) in [6.07, 6.45) is 1.28. The van der Waals surface area contributed by atoms with E-state index in [9.17, 15) is 10.2 Å². The largest absolute Gasteiger partial charge is 0.504 e. The molecule has 0 aliphatic heterocycles. The summed E-state index contributed by atoms with van der Waals surface area (Å²) in [4.78, 5) is 0. The van der Waals surface area contributed by atoms with Gasteiger partial charge in [-0.2, -0.15) is 0 Å². The molecule has 0 unspecified atom stereocenters. The van der Waals surface area contributed by atoms with Crippen molar-refractivity contribution in [2.75, 3.05) is 28.4 Å². The molecule has 0 amide bonds. The standard InChI is InChI=1S/C18H22O6/c1-21-15-9-11(7-13(19)17(15)23-3)5-6-12-8-14(20)18(24-4)16(10-12)22-2/h7-10,19-20H,5-6H2,1-4H3. The Balaban J connectivity index is 2.22. The molecule has 0 spiro atoms. The highest BCUT2D eigenvalue weighted by atomic mass is 16.5. The molecule has 2 aromatic carbocycles. The molecule has 0 fully saturated rings. The van der Waals surface area contributed by atoms with Crippen molar-refractivity contribution in [3.8, 4) is 34.5 Å². The van der Waals surface area contributed by atoms with E-state index in [-0.39, 0.29) is 11.5 Å². The van der Waals surface area contributed by atoms with Crippen molar-refractivity contribution >= 4 is 0 Å². The third-order valence-electron chi connectivity index (χ3n) is 3.74. The van der Waals surface area contributed by atoms with Gasteiger partial charge in [0.25, 0.3) is 0 Å². The summed E-state index contributed by atoms with van der Waals surface area (Å²) >= 11 is 0. The number of ether oxygens (including phenoxy) is 4. The fraction of sp³-hybridized carbons (Fsp3) is 0.333. The summed E-state index contributed by atoms with van der Waals surface area (Å²) in [6, 6.07) is 6.92. The van der Waals surface area contributed by atoms with Gasteiger partial charge in [-0.05, 0) is 48.2 Å². The van der Waals surface area contributed by atoms with E-state index in [1.807, 2.05) is 12.1 Å². The number of aromatic hydroxyl groups is 2. The molecule has 6 heteroatoms. The van der Waals surface area contributed by atoms with Crippen LogP contribution in [-0.2, 0) is 12.8 Å². The van der Waals surface area contributed by atoms with Crippen LogP contribution in [0, 0.1) is 0 Å². The van der Waals surface area contributed by atoms with Crippen molar-refractivity contribution < 1.29 is 29.2 Å². The minimum absolute atomic E-state index is 0.0296. The maximum atomic E-state index is 10.0. The van der Waals surface area contributed by atoms with E-state index in [0.717, 1.165) is 11.1 Å². The normalized spacial score (nSPS) is 10.3. The number of hydrogen-bond acceptors (Lipinski definition) is 6. The quantitative estimate of drug-likeness (QED) is 0.811. The van der Waals surface area contributed by atoms with Gasteiger partial charge in [0.05, 0.1) is 28.4 Å². The first kappa shape index (κ1) is 17.6. The van der Waals surface area contributed by atoms with E-state index in [4.69, 9.17) is 18.9 Å². The molecule has 130 valence electrons. The highest BCUT2D eigenvalue weighted by molar-refractivity contribution is 5.54. The highest BCUT2D eigenvalue weighted by Crippen LogP contribution is 2.39. The zero-order valence-corrected chi connectivity index (χ0v) is 14.3. The monoisotopic (exact) mass is 334 g/mol. The highest BCUT2D eigenvalue weighted by Gasteiger charge is 2.14. The van der Waals surface area contributed by atoms with Crippen molar-refractivity contribution in [2.24, 2.45) is 0 Å². The van der Waals surface area contributed by atoms with Gasteiger partial charge in [0.2, 0.25) is 11.5 Å². The third-order valence-corrected chi connectivity index (χ3v) is 3.74. The van der Waals surface area contributed by atoms with E-state index in [2.05, 4.69) is 0 Å². The molecule has 0 heterocycles. The lowest BCUT2D eigenvalue weighted by molar-refractivity contribution is 0.332. The Morgan fingerprint density at radius 3 is 1.29 bits per heavy atom. The van der Waals surface area contributed by atoms with Gasteiger partial charge in [-0.3, -0.25) is 0 Å². The topological polar surface area (TPSA) is 77.4 Å². The smallest absolute Gasteiger partial charge is 0.203 e. The lowest BCUT2D eigenvalue weighted by Crippen LogP contribution is -1.97. The van der Waals surface area contributed by atoms with Crippen LogP contribution in [0.5, 0.6) is 34.5 Å². The summed E-state index contributed by atoms with van der Waals surface area (Å²) in [6.45, 7) is 0. The molecule has 2 N–H and O–H groups in total. The minimum Gasteiger partial charge on any atom is -0.504 e. The van der Waals surface area contributed by atoms with Crippen LogP contribution in [0.2, 0.25) is 0 Å². The molecule has 0 radical (unpaired) electrons. The second-order valence-electron chi connectivity index (χ2n) is 5.20. The molecule has 2 rings (SSSR count). The Morgan fingerprint density at radius 2 is 1.00 bits per heavy atom. The van der Waals surface area contributed by atoms with Gasteiger partial charge in [-0.15, -0.1) is 0 Å². The molecule has 0 atom stereocenters. The number of rotatable bonds is 7. The molecule has 0 aliphatic rings. The summed E-state index contributed by atoms with van der Waals surface area (Å²) in [5.74, 6) is 1.63. The Bertz CT molecular complexity index is 650. The van der Waals surface area contributed by atoms with Crippen molar-refractivity contribution in [1.29, 1.82) is 0 Å². The van der Waals surface area contributed by atoms with Crippen LogP contribution in [-0.4, -0.2) is 38.7 Å². The Hall–Kier alpha value is -2.76. The molecule has 0 bridgehead atoms. The summed E-state index contributed by atoms with van der Waals surface area (Å²) in [7, 11) is 5.99. The zero-order chi connectivity index (χ0) is 17.7. The lowest BCUT2D eigenvalue weighted by Gasteiger charge is -2.13. The van der Waals surface area contributed by atoms with Gasteiger partial charge in [-0.25, -0.2) is 0 Å². The second-order valence-corrected chi connectivity index (χ2v) is 5.20. The average molecular weight is 334 g/mol. The van der Waals surface area contributed by atoms with E-state index in [1.54, 1.807) is 12.1 Å². The predicted molar refractivity (Wildman–Crippen MR) is 89.8 cm³/mol. The Kier molecular flexibility index (Phi) is 5.63. The van der Waals surface area contributed by atoms with Crippen molar-refractivity contribution in [3.63, 3.8) is 0 Å². The second kappa shape index (κ2) is 7.68. The van der Waals surface area contributed by atoms with Crippen LogP contribution >= 0.6 is 0 Å².